The first-order valence-corrected chi connectivity index (χ1v) is 5.29. The highest BCUT2D eigenvalue weighted by Gasteiger charge is 2.40. The molecule has 0 aliphatic heterocycles. The second-order valence-electron chi connectivity index (χ2n) is 5.48. The maximum Gasteiger partial charge on any atom is 0.0448 e. The summed E-state index contributed by atoms with van der Waals surface area (Å²) in [5.41, 5.74) is 6.61. The molecule has 0 aromatic carbocycles. The minimum absolute atomic E-state index is 0.107. The van der Waals surface area contributed by atoms with Gasteiger partial charge in [-0.15, -0.1) is 0 Å². The lowest BCUT2D eigenvalue weighted by atomic mass is 9.63. The predicted octanol–water partition coefficient (Wildman–Crippen LogP) is 1.91. The van der Waals surface area contributed by atoms with Gasteiger partial charge in [0.05, 0.1) is 0 Å². The zero-order valence-corrected chi connectivity index (χ0v) is 9.14. The summed E-state index contributed by atoms with van der Waals surface area (Å²) >= 11 is 0. The Morgan fingerprint density at radius 1 is 1.38 bits per heavy atom. The third-order valence-corrected chi connectivity index (χ3v) is 3.68. The molecular formula is C11H23NO. The van der Waals surface area contributed by atoms with Gasteiger partial charge in [-0.3, -0.25) is 0 Å². The van der Waals surface area contributed by atoms with Crippen LogP contribution in [-0.4, -0.2) is 17.3 Å². The number of nitrogens with two attached hydrogens (primary N) is 1. The zero-order chi connectivity index (χ0) is 10.1. The highest BCUT2D eigenvalue weighted by molar-refractivity contribution is 4.96. The molecule has 1 aliphatic rings. The molecule has 1 aliphatic carbocycles. The van der Waals surface area contributed by atoms with Crippen molar-refractivity contribution in [3.05, 3.63) is 0 Å². The Hall–Kier alpha value is -0.0800. The molecule has 2 atom stereocenters. The van der Waals surface area contributed by atoms with Gasteiger partial charge in [-0.25, -0.2) is 0 Å². The van der Waals surface area contributed by atoms with Gasteiger partial charge in [-0.2, -0.15) is 0 Å². The van der Waals surface area contributed by atoms with Crippen molar-refractivity contribution in [3.8, 4) is 0 Å². The van der Waals surface area contributed by atoms with Crippen LogP contribution in [-0.2, 0) is 0 Å². The summed E-state index contributed by atoms with van der Waals surface area (Å²) in [4.78, 5) is 0. The number of rotatable bonds is 2. The van der Waals surface area contributed by atoms with Crippen LogP contribution < -0.4 is 5.73 Å². The van der Waals surface area contributed by atoms with Crippen LogP contribution in [0.25, 0.3) is 0 Å². The first kappa shape index (κ1) is 11.0. The highest BCUT2D eigenvalue weighted by atomic mass is 16.3. The van der Waals surface area contributed by atoms with Crippen molar-refractivity contribution in [1.82, 2.24) is 0 Å². The number of hydrogen-bond acceptors (Lipinski definition) is 2. The van der Waals surface area contributed by atoms with Gasteiger partial charge >= 0.3 is 0 Å². The predicted molar refractivity (Wildman–Crippen MR) is 55.4 cm³/mol. The van der Waals surface area contributed by atoms with Crippen molar-refractivity contribution in [2.75, 3.05) is 6.61 Å². The lowest BCUT2D eigenvalue weighted by molar-refractivity contribution is 0.0805. The average molecular weight is 185 g/mol. The topological polar surface area (TPSA) is 46.2 Å². The molecule has 0 bridgehead atoms. The standard InChI is InChI=1S/C11H23NO/c1-9-8-10(2,3)4-5-11(9,12)6-7-13/h9,13H,4-8,12H2,1-3H3. The first-order chi connectivity index (χ1) is 5.90. The fourth-order valence-electron chi connectivity index (χ4n) is 2.53. The van der Waals surface area contributed by atoms with Crippen LogP contribution >= 0.6 is 0 Å². The molecule has 1 saturated carbocycles. The largest absolute Gasteiger partial charge is 0.396 e. The smallest absolute Gasteiger partial charge is 0.0448 e. The molecule has 0 heterocycles. The zero-order valence-electron chi connectivity index (χ0n) is 9.14. The Kier molecular flexibility index (Phi) is 3.03. The Labute approximate surface area is 81.5 Å². The van der Waals surface area contributed by atoms with Crippen LogP contribution in [0.2, 0.25) is 0 Å². The third kappa shape index (κ3) is 2.44. The van der Waals surface area contributed by atoms with Gasteiger partial charge in [0.15, 0.2) is 0 Å². The minimum Gasteiger partial charge on any atom is -0.396 e. The third-order valence-electron chi connectivity index (χ3n) is 3.68. The van der Waals surface area contributed by atoms with Crippen molar-refractivity contribution < 1.29 is 5.11 Å². The van der Waals surface area contributed by atoms with Crippen LogP contribution in [0, 0.1) is 11.3 Å². The van der Waals surface area contributed by atoms with E-state index in [2.05, 4.69) is 20.8 Å². The molecule has 0 aromatic rings. The summed E-state index contributed by atoms with van der Waals surface area (Å²) in [6.45, 7) is 7.06. The average Bonchev–Trinajstić information content (AvgIpc) is 1.99. The SMILES string of the molecule is CC1CC(C)(C)CCC1(N)CCO. The number of aliphatic hydroxyl groups is 1. The molecule has 78 valence electrons. The van der Waals surface area contributed by atoms with Gasteiger partial charge in [0.25, 0.3) is 0 Å². The molecule has 2 nitrogen and oxygen atoms in total. The highest BCUT2D eigenvalue weighted by Crippen LogP contribution is 2.43. The number of hydrogen-bond donors (Lipinski definition) is 2. The maximum absolute atomic E-state index is 8.95. The van der Waals surface area contributed by atoms with Gasteiger partial charge < -0.3 is 10.8 Å². The second-order valence-corrected chi connectivity index (χ2v) is 5.48. The molecule has 0 radical (unpaired) electrons. The Morgan fingerprint density at radius 3 is 2.46 bits per heavy atom. The lowest BCUT2D eigenvalue weighted by Crippen LogP contribution is -2.51. The van der Waals surface area contributed by atoms with Crippen LogP contribution in [0.15, 0.2) is 0 Å². The fourth-order valence-corrected chi connectivity index (χ4v) is 2.53. The number of aliphatic hydroxyl groups excluding tert-OH is 1. The summed E-state index contributed by atoms with van der Waals surface area (Å²) in [6, 6.07) is 0. The summed E-state index contributed by atoms with van der Waals surface area (Å²) in [6.07, 6.45) is 4.18. The quantitative estimate of drug-likeness (QED) is 0.690. The molecule has 13 heavy (non-hydrogen) atoms. The molecule has 0 aromatic heterocycles. The van der Waals surface area contributed by atoms with Crippen LogP contribution in [0.1, 0.15) is 46.5 Å². The summed E-state index contributed by atoms with van der Waals surface area (Å²) in [5.74, 6) is 0.531. The Bertz CT molecular complexity index is 179. The molecule has 2 heteroatoms. The molecule has 0 spiro atoms. The van der Waals surface area contributed by atoms with E-state index in [9.17, 15) is 0 Å². The van der Waals surface area contributed by atoms with Crippen LogP contribution in [0.5, 0.6) is 0 Å². The molecule has 3 N–H and O–H groups in total. The normalized spacial score (nSPS) is 39.0. The Morgan fingerprint density at radius 2 is 2.00 bits per heavy atom. The van der Waals surface area contributed by atoms with E-state index in [1.165, 1.54) is 12.8 Å². The molecule has 1 fully saturated rings. The van der Waals surface area contributed by atoms with Gasteiger partial charge in [-0.05, 0) is 37.0 Å². The van der Waals surface area contributed by atoms with E-state index < -0.39 is 0 Å². The lowest BCUT2D eigenvalue weighted by Gasteiger charge is -2.46. The van der Waals surface area contributed by atoms with Crippen molar-refractivity contribution in [2.45, 2.75) is 52.0 Å². The van der Waals surface area contributed by atoms with E-state index in [0.717, 1.165) is 12.8 Å². The van der Waals surface area contributed by atoms with E-state index >= 15 is 0 Å². The summed E-state index contributed by atoms with van der Waals surface area (Å²) in [5, 5.41) is 8.95. The van der Waals surface area contributed by atoms with E-state index in [4.69, 9.17) is 10.8 Å². The Balaban J connectivity index is 2.62. The molecule has 2 unspecified atom stereocenters. The van der Waals surface area contributed by atoms with Gasteiger partial charge in [0.2, 0.25) is 0 Å². The van der Waals surface area contributed by atoms with Crippen molar-refractivity contribution in [2.24, 2.45) is 17.1 Å². The van der Waals surface area contributed by atoms with Gasteiger partial charge in [0, 0.05) is 12.1 Å². The van der Waals surface area contributed by atoms with Crippen LogP contribution in [0.3, 0.4) is 0 Å². The summed E-state index contributed by atoms with van der Waals surface area (Å²) < 4.78 is 0. The van der Waals surface area contributed by atoms with Gasteiger partial charge in [0.1, 0.15) is 0 Å². The minimum atomic E-state index is -0.107. The maximum atomic E-state index is 8.95. The van der Waals surface area contributed by atoms with E-state index in [0.29, 0.717) is 11.3 Å². The van der Waals surface area contributed by atoms with Gasteiger partial charge in [-0.1, -0.05) is 20.8 Å². The van der Waals surface area contributed by atoms with Crippen molar-refractivity contribution >= 4 is 0 Å². The molecule has 1 rings (SSSR count). The van der Waals surface area contributed by atoms with Crippen LogP contribution in [0.4, 0.5) is 0 Å². The summed E-state index contributed by atoms with van der Waals surface area (Å²) in [7, 11) is 0. The second kappa shape index (κ2) is 3.58. The van der Waals surface area contributed by atoms with Crippen molar-refractivity contribution in [1.29, 1.82) is 0 Å². The monoisotopic (exact) mass is 185 g/mol. The molecular weight excluding hydrogens is 162 g/mol. The first-order valence-electron chi connectivity index (χ1n) is 5.29. The van der Waals surface area contributed by atoms with E-state index in [1.54, 1.807) is 0 Å². The molecule has 0 amide bonds. The van der Waals surface area contributed by atoms with E-state index in [-0.39, 0.29) is 12.1 Å². The van der Waals surface area contributed by atoms with Crippen molar-refractivity contribution in [3.63, 3.8) is 0 Å². The van der Waals surface area contributed by atoms with E-state index in [1.807, 2.05) is 0 Å². The molecule has 0 saturated heterocycles. The fraction of sp³-hybridized carbons (Fsp3) is 1.00.